The van der Waals surface area contributed by atoms with Crippen LogP contribution < -0.4 is 10.6 Å². The molecule has 0 bridgehead atoms. The molecule has 7 heteroatoms. The topological polar surface area (TPSA) is 53.5 Å². The van der Waals surface area contributed by atoms with Gasteiger partial charge in [0, 0.05) is 34.4 Å². The van der Waals surface area contributed by atoms with E-state index >= 15 is 0 Å². The predicted molar refractivity (Wildman–Crippen MR) is 112 cm³/mol. The minimum Gasteiger partial charge on any atom is -0.357 e. The van der Waals surface area contributed by atoms with Gasteiger partial charge in [0.25, 0.3) is 0 Å². The monoisotopic (exact) mass is 469 g/mol. The van der Waals surface area contributed by atoms with Crippen molar-refractivity contribution < 1.29 is 8.60 Å². The zero-order valence-electron chi connectivity index (χ0n) is 15.1. The Bertz CT molecular complexity index is 573. The summed E-state index contributed by atoms with van der Waals surface area (Å²) in [5, 5.41) is 6.31. The molecule has 2 N–H and O–H groups in total. The molecule has 1 aromatic carbocycles. The van der Waals surface area contributed by atoms with Crippen LogP contribution in [0.1, 0.15) is 38.8 Å². The summed E-state index contributed by atoms with van der Waals surface area (Å²) in [5.74, 6) is 1.00. The Balaban J connectivity index is 0.00000529. The molecule has 0 heterocycles. The average molecular weight is 469 g/mol. The van der Waals surface area contributed by atoms with E-state index in [0.29, 0.717) is 30.4 Å². The molecule has 1 rings (SSSR count). The lowest BCUT2D eigenvalue weighted by Crippen LogP contribution is -2.40. The molecular weight excluding hydrogens is 440 g/mol. The van der Waals surface area contributed by atoms with Crippen LogP contribution in [0.3, 0.4) is 0 Å². The Morgan fingerprint density at radius 3 is 2.50 bits per heavy atom. The fraction of sp³-hybridized carbons (Fsp3) is 0.588. The van der Waals surface area contributed by atoms with Gasteiger partial charge in [0.2, 0.25) is 0 Å². The largest absolute Gasteiger partial charge is 0.357 e. The van der Waals surface area contributed by atoms with Crippen LogP contribution >= 0.6 is 24.0 Å². The second-order valence-corrected chi connectivity index (χ2v) is 8.69. The molecule has 0 radical (unpaired) electrons. The fourth-order valence-electron chi connectivity index (χ4n) is 1.82. The van der Waals surface area contributed by atoms with Gasteiger partial charge >= 0.3 is 0 Å². The first kappa shape index (κ1) is 23.3. The van der Waals surface area contributed by atoms with E-state index in [4.69, 9.17) is 0 Å². The molecule has 0 saturated carbocycles. The minimum atomic E-state index is -0.898. The Labute approximate surface area is 164 Å². The van der Waals surface area contributed by atoms with Crippen LogP contribution in [0.2, 0.25) is 0 Å². The van der Waals surface area contributed by atoms with Gasteiger partial charge in [-0.1, -0.05) is 12.1 Å². The van der Waals surface area contributed by atoms with Crippen LogP contribution in [-0.4, -0.2) is 33.8 Å². The van der Waals surface area contributed by atoms with Crippen LogP contribution in [0.5, 0.6) is 0 Å². The van der Waals surface area contributed by atoms with Crippen molar-refractivity contribution in [1.29, 1.82) is 0 Å². The number of hydrogen-bond acceptors (Lipinski definition) is 2. The Morgan fingerprint density at radius 1 is 1.29 bits per heavy atom. The maximum Gasteiger partial charge on any atom is 0.191 e. The number of benzene rings is 1. The van der Waals surface area contributed by atoms with Gasteiger partial charge in [-0.15, -0.1) is 24.0 Å². The molecule has 0 fully saturated rings. The van der Waals surface area contributed by atoms with Crippen LogP contribution in [0.15, 0.2) is 23.2 Å². The van der Waals surface area contributed by atoms with Gasteiger partial charge < -0.3 is 10.6 Å². The SMILES string of the molecule is CCNC(=NCc1ccc(C)c(F)c1)NCCS(=O)C(C)(C)C.I. The number of guanidine groups is 1. The van der Waals surface area contributed by atoms with Gasteiger partial charge in [-0.25, -0.2) is 9.38 Å². The molecule has 1 atom stereocenters. The van der Waals surface area contributed by atoms with E-state index in [2.05, 4.69) is 15.6 Å². The zero-order chi connectivity index (χ0) is 17.5. The van der Waals surface area contributed by atoms with E-state index in [-0.39, 0.29) is 34.5 Å². The highest BCUT2D eigenvalue weighted by molar-refractivity contribution is 14.0. The minimum absolute atomic E-state index is 0. The second-order valence-electron chi connectivity index (χ2n) is 6.37. The summed E-state index contributed by atoms with van der Waals surface area (Å²) in [6, 6.07) is 5.14. The summed E-state index contributed by atoms with van der Waals surface area (Å²) < 4.78 is 25.4. The van der Waals surface area contributed by atoms with Gasteiger partial charge in [-0.2, -0.15) is 0 Å². The second kappa shape index (κ2) is 11.0. The lowest BCUT2D eigenvalue weighted by atomic mass is 10.1. The number of nitrogens with one attached hydrogen (secondary N) is 2. The van der Waals surface area contributed by atoms with Crippen molar-refractivity contribution in [3.8, 4) is 0 Å². The molecule has 0 aliphatic rings. The summed E-state index contributed by atoms with van der Waals surface area (Å²) in [4.78, 5) is 4.44. The smallest absolute Gasteiger partial charge is 0.191 e. The first-order valence-corrected chi connectivity index (χ1v) is 9.21. The van der Waals surface area contributed by atoms with Crippen molar-refractivity contribution >= 4 is 40.7 Å². The third-order valence-electron chi connectivity index (χ3n) is 3.26. The summed E-state index contributed by atoms with van der Waals surface area (Å²) in [5.41, 5.74) is 1.45. The fourth-order valence-corrected chi connectivity index (χ4v) is 2.71. The molecule has 0 amide bonds. The van der Waals surface area contributed by atoms with Gasteiger partial charge in [-0.3, -0.25) is 4.21 Å². The van der Waals surface area contributed by atoms with E-state index in [1.165, 1.54) is 6.07 Å². The normalized spacial score (nSPS) is 13.2. The lowest BCUT2D eigenvalue weighted by Gasteiger charge is -2.18. The van der Waals surface area contributed by atoms with E-state index in [0.717, 1.165) is 12.1 Å². The highest BCUT2D eigenvalue weighted by Crippen LogP contribution is 2.11. The Morgan fingerprint density at radius 2 is 1.96 bits per heavy atom. The highest BCUT2D eigenvalue weighted by Gasteiger charge is 2.18. The van der Waals surface area contributed by atoms with Crippen molar-refractivity contribution in [2.24, 2.45) is 4.99 Å². The van der Waals surface area contributed by atoms with Crippen molar-refractivity contribution in [3.05, 3.63) is 35.1 Å². The van der Waals surface area contributed by atoms with Crippen molar-refractivity contribution in [1.82, 2.24) is 10.6 Å². The molecule has 4 nitrogen and oxygen atoms in total. The number of nitrogens with zero attached hydrogens (tertiary/aromatic N) is 1. The highest BCUT2D eigenvalue weighted by atomic mass is 127. The van der Waals surface area contributed by atoms with Gasteiger partial charge in [-0.05, 0) is 51.8 Å². The number of hydrogen-bond donors (Lipinski definition) is 2. The van der Waals surface area contributed by atoms with E-state index < -0.39 is 10.8 Å². The van der Waals surface area contributed by atoms with Crippen molar-refractivity contribution in [2.75, 3.05) is 18.8 Å². The van der Waals surface area contributed by atoms with Gasteiger partial charge in [0.15, 0.2) is 5.96 Å². The van der Waals surface area contributed by atoms with Gasteiger partial charge in [0.05, 0.1) is 6.54 Å². The van der Waals surface area contributed by atoms with E-state index in [1.807, 2.05) is 33.8 Å². The molecule has 0 aromatic heterocycles. The molecular formula is C17H29FIN3OS. The average Bonchev–Trinajstić information content (AvgIpc) is 2.47. The van der Waals surface area contributed by atoms with Crippen LogP contribution in [0.4, 0.5) is 4.39 Å². The molecule has 138 valence electrons. The molecule has 1 aromatic rings. The Hall–Kier alpha value is -0.700. The quantitative estimate of drug-likeness (QED) is 0.382. The molecule has 0 spiro atoms. The third-order valence-corrected chi connectivity index (χ3v) is 5.20. The zero-order valence-corrected chi connectivity index (χ0v) is 18.3. The molecule has 1 unspecified atom stereocenters. The lowest BCUT2D eigenvalue weighted by molar-refractivity contribution is 0.616. The van der Waals surface area contributed by atoms with Crippen molar-refractivity contribution in [2.45, 2.75) is 45.9 Å². The van der Waals surface area contributed by atoms with Crippen LogP contribution in [0.25, 0.3) is 0 Å². The van der Waals surface area contributed by atoms with Crippen LogP contribution in [0, 0.1) is 12.7 Å². The molecule has 0 aliphatic carbocycles. The number of halogens is 2. The molecule has 0 saturated heterocycles. The summed E-state index contributed by atoms with van der Waals surface area (Å²) in [6.45, 7) is 11.3. The first-order chi connectivity index (χ1) is 10.7. The third kappa shape index (κ3) is 8.41. The maximum absolute atomic E-state index is 13.5. The number of aryl methyl sites for hydroxylation is 1. The van der Waals surface area contributed by atoms with E-state index in [1.54, 1.807) is 13.0 Å². The first-order valence-electron chi connectivity index (χ1n) is 7.89. The van der Waals surface area contributed by atoms with Crippen LogP contribution in [-0.2, 0) is 17.3 Å². The van der Waals surface area contributed by atoms with Crippen molar-refractivity contribution in [3.63, 3.8) is 0 Å². The summed E-state index contributed by atoms with van der Waals surface area (Å²) in [7, 11) is -0.898. The van der Waals surface area contributed by atoms with Gasteiger partial charge in [0.1, 0.15) is 5.82 Å². The summed E-state index contributed by atoms with van der Waals surface area (Å²) >= 11 is 0. The summed E-state index contributed by atoms with van der Waals surface area (Å²) in [6.07, 6.45) is 0. The number of rotatable bonds is 6. The van der Waals surface area contributed by atoms with E-state index in [9.17, 15) is 8.60 Å². The molecule has 24 heavy (non-hydrogen) atoms. The Kier molecular flexibility index (Phi) is 10.7. The predicted octanol–water partition coefficient (Wildman–Crippen LogP) is 3.35. The standard InChI is InChI=1S/C17H28FN3OS.HI/c1-6-19-16(20-9-10-23(22)17(3,4)5)21-12-14-8-7-13(2)15(18)11-14;/h7-8,11H,6,9-10,12H2,1-5H3,(H2,19,20,21);1H. The maximum atomic E-state index is 13.5. The number of aliphatic imine (C=N–C) groups is 1. The molecule has 0 aliphatic heterocycles.